The van der Waals surface area contributed by atoms with Crippen molar-refractivity contribution in [2.24, 2.45) is 0 Å². The molecule has 1 aromatic carbocycles. The summed E-state index contributed by atoms with van der Waals surface area (Å²) in [6, 6.07) is 3.64. The molecule has 0 bridgehead atoms. The van der Waals surface area contributed by atoms with E-state index in [2.05, 4.69) is 15.3 Å². The van der Waals surface area contributed by atoms with Gasteiger partial charge in [0.05, 0.1) is 11.0 Å². The number of aromatic nitrogens is 2. The van der Waals surface area contributed by atoms with Gasteiger partial charge in [0.2, 0.25) is 5.82 Å². The van der Waals surface area contributed by atoms with Gasteiger partial charge >= 0.3 is 5.69 Å². The lowest BCUT2D eigenvalue weighted by atomic mass is 10.2. The molecule has 18 heavy (non-hydrogen) atoms. The van der Waals surface area contributed by atoms with Crippen LogP contribution in [0.3, 0.4) is 0 Å². The number of H-pyrrole nitrogens is 1. The summed E-state index contributed by atoms with van der Waals surface area (Å²) < 4.78 is 13.4. The van der Waals surface area contributed by atoms with Gasteiger partial charge in [-0.05, 0) is 19.1 Å². The zero-order chi connectivity index (χ0) is 13.1. The second kappa shape index (κ2) is 4.82. The Hall–Kier alpha value is -2.44. The van der Waals surface area contributed by atoms with E-state index >= 15 is 0 Å². The monoisotopic (exact) mass is 250 g/mol. The maximum atomic E-state index is 13.4. The summed E-state index contributed by atoms with van der Waals surface area (Å²) >= 11 is 0. The Morgan fingerprint density at radius 1 is 1.56 bits per heavy atom. The van der Waals surface area contributed by atoms with Crippen molar-refractivity contribution in [3.63, 3.8) is 0 Å². The van der Waals surface area contributed by atoms with Crippen molar-refractivity contribution in [2.75, 3.05) is 5.32 Å². The molecule has 2 N–H and O–H groups in total. The van der Waals surface area contributed by atoms with E-state index < -0.39 is 16.4 Å². The molecular weight excluding hydrogens is 239 g/mol. The van der Waals surface area contributed by atoms with E-state index in [4.69, 9.17) is 0 Å². The number of para-hydroxylation sites is 1. The summed E-state index contributed by atoms with van der Waals surface area (Å²) in [5.74, 6) is -0.245. The molecule has 7 heteroatoms. The van der Waals surface area contributed by atoms with Crippen molar-refractivity contribution in [1.82, 2.24) is 9.97 Å². The highest BCUT2D eigenvalue weighted by Crippen LogP contribution is 2.29. The molecule has 1 aromatic heterocycles. The van der Waals surface area contributed by atoms with E-state index in [-0.39, 0.29) is 11.7 Å². The second-order valence-electron chi connectivity index (χ2n) is 3.73. The molecule has 0 saturated heterocycles. The van der Waals surface area contributed by atoms with Gasteiger partial charge in [-0.3, -0.25) is 10.1 Å². The third-order valence-electron chi connectivity index (χ3n) is 2.47. The minimum absolute atomic E-state index is 0.129. The maximum absolute atomic E-state index is 13.4. The van der Waals surface area contributed by atoms with Gasteiger partial charge < -0.3 is 10.3 Å². The Labute approximate surface area is 102 Å². The number of halogens is 1. The van der Waals surface area contributed by atoms with Gasteiger partial charge in [-0.1, -0.05) is 6.07 Å². The predicted octanol–water partition coefficient (Wildman–Crippen LogP) is 2.63. The van der Waals surface area contributed by atoms with Crippen molar-refractivity contribution in [3.05, 3.63) is 52.3 Å². The van der Waals surface area contributed by atoms with Crippen LogP contribution in [0.5, 0.6) is 0 Å². The van der Waals surface area contributed by atoms with Crippen molar-refractivity contribution in [3.8, 4) is 0 Å². The number of hydrogen-bond donors (Lipinski definition) is 2. The van der Waals surface area contributed by atoms with Crippen LogP contribution in [0.4, 0.5) is 15.8 Å². The summed E-state index contributed by atoms with van der Waals surface area (Å²) in [6.45, 7) is 1.77. The molecule has 6 nitrogen and oxygen atoms in total. The first-order chi connectivity index (χ1) is 8.59. The molecular formula is C11H11FN4O2. The third kappa shape index (κ3) is 2.29. The highest BCUT2D eigenvalue weighted by molar-refractivity contribution is 5.62. The molecule has 1 atom stereocenters. The number of nitro groups is 1. The van der Waals surface area contributed by atoms with Crippen LogP contribution in [0.25, 0.3) is 0 Å². The molecule has 0 saturated carbocycles. The predicted molar refractivity (Wildman–Crippen MR) is 63.7 cm³/mol. The van der Waals surface area contributed by atoms with E-state index in [1.54, 1.807) is 19.3 Å². The third-order valence-corrected chi connectivity index (χ3v) is 2.47. The first-order valence-electron chi connectivity index (χ1n) is 5.28. The first-order valence-corrected chi connectivity index (χ1v) is 5.28. The number of benzene rings is 1. The zero-order valence-corrected chi connectivity index (χ0v) is 9.55. The number of rotatable bonds is 4. The van der Waals surface area contributed by atoms with Gasteiger partial charge in [-0.25, -0.2) is 4.98 Å². The molecule has 0 radical (unpaired) electrons. The van der Waals surface area contributed by atoms with Crippen molar-refractivity contribution >= 4 is 11.4 Å². The summed E-state index contributed by atoms with van der Waals surface area (Å²) in [4.78, 5) is 17.0. The van der Waals surface area contributed by atoms with E-state index in [0.717, 1.165) is 6.07 Å². The molecule has 0 spiro atoms. The van der Waals surface area contributed by atoms with Crippen LogP contribution in [-0.2, 0) is 0 Å². The molecule has 0 aliphatic heterocycles. The minimum atomic E-state index is -0.864. The Morgan fingerprint density at radius 3 is 2.94 bits per heavy atom. The quantitative estimate of drug-likeness (QED) is 0.645. The van der Waals surface area contributed by atoms with Crippen molar-refractivity contribution in [1.29, 1.82) is 0 Å². The Kier molecular flexibility index (Phi) is 3.22. The number of nitro benzene ring substituents is 1. The first kappa shape index (κ1) is 12.0. The molecule has 94 valence electrons. The average Bonchev–Trinajstić information content (AvgIpc) is 2.81. The van der Waals surface area contributed by atoms with Gasteiger partial charge in [0.15, 0.2) is 0 Å². The Balaban J connectivity index is 2.29. The van der Waals surface area contributed by atoms with Gasteiger partial charge in [0.1, 0.15) is 11.5 Å². The van der Waals surface area contributed by atoms with Crippen LogP contribution >= 0.6 is 0 Å². The van der Waals surface area contributed by atoms with Gasteiger partial charge in [-0.15, -0.1) is 0 Å². The highest BCUT2D eigenvalue weighted by atomic mass is 19.1. The summed E-state index contributed by atoms with van der Waals surface area (Å²) in [7, 11) is 0. The lowest BCUT2D eigenvalue weighted by Crippen LogP contribution is -2.10. The largest absolute Gasteiger partial charge is 0.370 e. The van der Waals surface area contributed by atoms with Crippen LogP contribution in [0.15, 0.2) is 30.6 Å². The Morgan fingerprint density at radius 2 is 2.33 bits per heavy atom. The number of nitrogens with one attached hydrogen (secondary N) is 2. The molecule has 0 aliphatic carbocycles. The fourth-order valence-corrected chi connectivity index (χ4v) is 1.63. The minimum Gasteiger partial charge on any atom is -0.370 e. The van der Waals surface area contributed by atoms with Gasteiger partial charge in [0.25, 0.3) is 0 Å². The number of anilines is 1. The molecule has 0 amide bonds. The maximum Gasteiger partial charge on any atom is 0.327 e. The van der Waals surface area contributed by atoms with Crippen LogP contribution in [0.1, 0.15) is 18.8 Å². The standard InChI is InChI=1S/C11H11FN4O2/c1-7(11-13-5-6-14-11)15-9-4-2-3-8(12)10(9)16(17)18/h2-7,15H,1H3,(H,13,14). The zero-order valence-electron chi connectivity index (χ0n) is 9.55. The topological polar surface area (TPSA) is 83.8 Å². The van der Waals surface area contributed by atoms with Crippen LogP contribution in [-0.4, -0.2) is 14.9 Å². The van der Waals surface area contributed by atoms with Crippen LogP contribution < -0.4 is 5.32 Å². The normalized spacial score (nSPS) is 12.1. The average molecular weight is 250 g/mol. The van der Waals surface area contributed by atoms with E-state index in [1.165, 1.54) is 12.1 Å². The smallest absolute Gasteiger partial charge is 0.327 e. The lowest BCUT2D eigenvalue weighted by molar-refractivity contribution is -0.386. The molecule has 2 aromatic rings. The van der Waals surface area contributed by atoms with Crippen LogP contribution in [0, 0.1) is 15.9 Å². The summed E-state index contributed by atoms with van der Waals surface area (Å²) in [6.07, 6.45) is 3.22. The SMILES string of the molecule is CC(Nc1cccc(F)c1[N+](=O)[O-])c1ncc[nH]1. The molecule has 2 rings (SSSR count). The number of imidazole rings is 1. The Bertz CT molecular complexity index is 556. The van der Waals surface area contributed by atoms with Crippen molar-refractivity contribution in [2.45, 2.75) is 13.0 Å². The van der Waals surface area contributed by atoms with E-state index in [1.807, 2.05) is 0 Å². The number of aromatic amines is 1. The van der Waals surface area contributed by atoms with Gasteiger partial charge in [0, 0.05) is 12.4 Å². The molecule has 1 unspecified atom stereocenters. The lowest BCUT2D eigenvalue weighted by Gasteiger charge is -2.13. The second-order valence-corrected chi connectivity index (χ2v) is 3.73. The van der Waals surface area contributed by atoms with Gasteiger partial charge in [-0.2, -0.15) is 4.39 Å². The molecule has 0 aliphatic rings. The van der Waals surface area contributed by atoms with Crippen LogP contribution in [0.2, 0.25) is 0 Å². The summed E-state index contributed by atoms with van der Waals surface area (Å²) in [5.41, 5.74) is -0.431. The van der Waals surface area contributed by atoms with E-state index in [9.17, 15) is 14.5 Å². The van der Waals surface area contributed by atoms with E-state index in [0.29, 0.717) is 5.82 Å². The molecule has 0 fully saturated rings. The summed E-state index contributed by atoms with van der Waals surface area (Å²) in [5, 5.41) is 13.7. The fraction of sp³-hybridized carbons (Fsp3) is 0.182. The number of nitrogens with zero attached hydrogens (tertiary/aromatic N) is 2. The number of hydrogen-bond acceptors (Lipinski definition) is 4. The molecule has 1 heterocycles. The highest BCUT2D eigenvalue weighted by Gasteiger charge is 2.21. The fourth-order valence-electron chi connectivity index (χ4n) is 1.63. The van der Waals surface area contributed by atoms with Crippen molar-refractivity contribution < 1.29 is 9.31 Å².